The SMILES string of the molecule is CCNCCN(C)c1csc2ccccc12. The molecule has 1 N–H and O–H groups in total. The number of likely N-dealkylation sites (N-methyl/N-ethyl adjacent to an activating group) is 2. The van der Waals surface area contributed by atoms with Gasteiger partial charge in [-0.05, 0) is 12.6 Å². The normalized spacial score (nSPS) is 10.9. The molecule has 0 spiro atoms. The molecule has 0 aliphatic rings. The zero-order valence-corrected chi connectivity index (χ0v) is 10.7. The van der Waals surface area contributed by atoms with Crippen molar-refractivity contribution in [1.29, 1.82) is 0 Å². The van der Waals surface area contributed by atoms with Crippen LogP contribution in [0.2, 0.25) is 0 Å². The highest BCUT2D eigenvalue weighted by molar-refractivity contribution is 7.17. The maximum Gasteiger partial charge on any atom is 0.0552 e. The standard InChI is InChI=1S/C13H18N2S/c1-3-14-8-9-15(2)12-10-16-13-7-5-4-6-11(12)13/h4-7,10,14H,3,8-9H2,1-2H3. The van der Waals surface area contributed by atoms with Crippen molar-refractivity contribution in [1.82, 2.24) is 5.32 Å². The number of benzene rings is 1. The number of hydrogen-bond acceptors (Lipinski definition) is 3. The van der Waals surface area contributed by atoms with Gasteiger partial charge in [-0.15, -0.1) is 11.3 Å². The topological polar surface area (TPSA) is 15.3 Å². The summed E-state index contributed by atoms with van der Waals surface area (Å²) in [5.41, 5.74) is 1.35. The van der Waals surface area contributed by atoms with Gasteiger partial charge in [-0.3, -0.25) is 0 Å². The van der Waals surface area contributed by atoms with E-state index in [0.29, 0.717) is 0 Å². The Balaban J connectivity index is 2.13. The Kier molecular flexibility index (Phi) is 3.80. The van der Waals surface area contributed by atoms with Crippen LogP contribution in [0.15, 0.2) is 29.6 Å². The lowest BCUT2D eigenvalue weighted by atomic mass is 10.2. The summed E-state index contributed by atoms with van der Waals surface area (Å²) in [7, 11) is 2.16. The van der Waals surface area contributed by atoms with Crippen LogP contribution >= 0.6 is 11.3 Å². The van der Waals surface area contributed by atoms with E-state index in [1.165, 1.54) is 15.8 Å². The fraction of sp³-hybridized carbons (Fsp3) is 0.385. The number of thiophene rings is 1. The number of nitrogens with one attached hydrogen (secondary N) is 1. The lowest BCUT2D eigenvalue weighted by Crippen LogP contribution is -2.28. The van der Waals surface area contributed by atoms with Crippen LogP contribution in [0.4, 0.5) is 5.69 Å². The summed E-state index contributed by atoms with van der Waals surface area (Å²) >= 11 is 1.82. The quantitative estimate of drug-likeness (QED) is 0.800. The van der Waals surface area contributed by atoms with E-state index in [4.69, 9.17) is 0 Å². The first-order valence-corrected chi connectivity index (χ1v) is 6.59. The summed E-state index contributed by atoms with van der Waals surface area (Å²) in [6.45, 7) is 5.27. The van der Waals surface area contributed by atoms with Gasteiger partial charge >= 0.3 is 0 Å². The predicted molar refractivity (Wildman–Crippen MR) is 73.6 cm³/mol. The molecule has 2 nitrogen and oxygen atoms in total. The zero-order valence-electron chi connectivity index (χ0n) is 9.86. The number of anilines is 1. The highest BCUT2D eigenvalue weighted by Crippen LogP contribution is 2.31. The van der Waals surface area contributed by atoms with Gasteiger partial charge in [-0.2, -0.15) is 0 Å². The Morgan fingerprint density at radius 1 is 1.31 bits per heavy atom. The van der Waals surface area contributed by atoms with E-state index in [0.717, 1.165) is 19.6 Å². The first-order valence-electron chi connectivity index (χ1n) is 5.71. The van der Waals surface area contributed by atoms with Gasteiger partial charge in [0.25, 0.3) is 0 Å². The lowest BCUT2D eigenvalue weighted by molar-refractivity contribution is 0.707. The summed E-state index contributed by atoms with van der Waals surface area (Å²) < 4.78 is 1.37. The minimum absolute atomic E-state index is 1.04. The van der Waals surface area contributed by atoms with Crippen molar-refractivity contribution < 1.29 is 0 Å². The van der Waals surface area contributed by atoms with Crippen molar-refractivity contribution in [3.63, 3.8) is 0 Å². The molecular weight excluding hydrogens is 216 g/mol. The smallest absolute Gasteiger partial charge is 0.0552 e. The Morgan fingerprint density at radius 2 is 2.12 bits per heavy atom. The van der Waals surface area contributed by atoms with Crippen molar-refractivity contribution in [3.8, 4) is 0 Å². The van der Waals surface area contributed by atoms with E-state index in [1.807, 2.05) is 11.3 Å². The summed E-state index contributed by atoms with van der Waals surface area (Å²) in [4.78, 5) is 2.32. The molecule has 86 valence electrons. The van der Waals surface area contributed by atoms with E-state index >= 15 is 0 Å². The van der Waals surface area contributed by atoms with Crippen molar-refractivity contribution >= 4 is 27.1 Å². The van der Waals surface area contributed by atoms with Gasteiger partial charge < -0.3 is 10.2 Å². The van der Waals surface area contributed by atoms with Gasteiger partial charge in [-0.1, -0.05) is 25.1 Å². The molecule has 0 bridgehead atoms. The van der Waals surface area contributed by atoms with Crippen LogP contribution in [0, 0.1) is 0 Å². The highest BCUT2D eigenvalue weighted by Gasteiger charge is 2.06. The molecule has 16 heavy (non-hydrogen) atoms. The molecule has 0 saturated carbocycles. The van der Waals surface area contributed by atoms with Crippen molar-refractivity contribution in [2.24, 2.45) is 0 Å². The third-order valence-electron chi connectivity index (χ3n) is 2.75. The van der Waals surface area contributed by atoms with Crippen molar-refractivity contribution in [2.45, 2.75) is 6.92 Å². The Labute approximate surface area is 101 Å². The number of fused-ring (bicyclic) bond motifs is 1. The van der Waals surface area contributed by atoms with Gasteiger partial charge in [0.2, 0.25) is 0 Å². The van der Waals surface area contributed by atoms with Crippen molar-refractivity contribution in [2.75, 3.05) is 31.6 Å². The number of nitrogens with zero attached hydrogens (tertiary/aromatic N) is 1. The van der Waals surface area contributed by atoms with Gasteiger partial charge in [0.15, 0.2) is 0 Å². The average molecular weight is 234 g/mol. The molecule has 0 saturated heterocycles. The molecule has 1 aromatic heterocycles. The lowest BCUT2D eigenvalue weighted by Gasteiger charge is -2.18. The minimum atomic E-state index is 1.04. The molecule has 2 aromatic rings. The van der Waals surface area contributed by atoms with Crippen LogP contribution in [0.1, 0.15) is 6.92 Å². The first-order chi connectivity index (χ1) is 7.83. The number of hydrogen-bond donors (Lipinski definition) is 1. The maximum atomic E-state index is 3.35. The molecule has 0 aliphatic carbocycles. The predicted octanol–water partition coefficient (Wildman–Crippen LogP) is 2.95. The maximum absolute atomic E-state index is 3.35. The minimum Gasteiger partial charge on any atom is -0.372 e. The molecule has 0 fully saturated rings. The molecule has 2 rings (SSSR count). The van der Waals surface area contributed by atoms with Gasteiger partial charge in [0.1, 0.15) is 0 Å². The number of rotatable bonds is 5. The molecular formula is C13H18N2S. The van der Waals surface area contributed by atoms with E-state index in [-0.39, 0.29) is 0 Å². The molecule has 3 heteroatoms. The van der Waals surface area contributed by atoms with Gasteiger partial charge in [-0.25, -0.2) is 0 Å². The second kappa shape index (κ2) is 5.32. The van der Waals surface area contributed by atoms with Crippen LogP contribution in [0.3, 0.4) is 0 Å². The monoisotopic (exact) mass is 234 g/mol. The van der Waals surface area contributed by atoms with E-state index in [1.54, 1.807) is 0 Å². The zero-order chi connectivity index (χ0) is 11.4. The second-order valence-corrected chi connectivity index (χ2v) is 4.80. The van der Waals surface area contributed by atoms with E-state index < -0.39 is 0 Å². The summed E-state index contributed by atoms with van der Waals surface area (Å²) in [6, 6.07) is 8.59. The molecule has 0 unspecified atom stereocenters. The van der Waals surface area contributed by atoms with Crippen LogP contribution in [-0.2, 0) is 0 Å². The van der Waals surface area contributed by atoms with Crippen LogP contribution < -0.4 is 10.2 Å². The second-order valence-electron chi connectivity index (χ2n) is 3.89. The van der Waals surface area contributed by atoms with Gasteiger partial charge in [0.05, 0.1) is 5.69 Å². The Morgan fingerprint density at radius 3 is 2.94 bits per heavy atom. The first kappa shape index (κ1) is 11.4. The van der Waals surface area contributed by atoms with E-state index in [9.17, 15) is 0 Å². The fourth-order valence-electron chi connectivity index (χ4n) is 1.80. The highest BCUT2D eigenvalue weighted by atomic mass is 32.1. The largest absolute Gasteiger partial charge is 0.372 e. The summed E-state index contributed by atoms with van der Waals surface area (Å²) in [5.74, 6) is 0. The Hall–Kier alpha value is -1.06. The fourth-order valence-corrected chi connectivity index (χ4v) is 2.81. The molecule has 1 aromatic carbocycles. The molecule has 0 amide bonds. The average Bonchev–Trinajstić information content (AvgIpc) is 2.73. The Bertz CT molecular complexity index is 450. The third-order valence-corrected chi connectivity index (χ3v) is 3.70. The van der Waals surface area contributed by atoms with Crippen LogP contribution in [0.25, 0.3) is 10.1 Å². The summed E-state index contributed by atoms with van der Waals surface area (Å²) in [5, 5.41) is 6.96. The molecule has 1 heterocycles. The van der Waals surface area contributed by atoms with E-state index in [2.05, 4.69) is 53.8 Å². The molecule has 0 atom stereocenters. The third kappa shape index (κ3) is 2.36. The van der Waals surface area contributed by atoms with Crippen LogP contribution in [-0.4, -0.2) is 26.7 Å². The molecule has 0 radical (unpaired) electrons. The van der Waals surface area contributed by atoms with Crippen molar-refractivity contribution in [3.05, 3.63) is 29.6 Å². The van der Waals surface area contributed by atoms with Gasteiger partial charge in [0, 0.05) is 35.6 Å². The van der Waals surface area contributed by atoms with Crippen LogP contribution in [0.5, 0.6) is 0 Å². The molecule has 0 aliphatic heterocycles. The summed E-state index contributed by atoms with van der Waals surface area (Å²) in [6.07, 6.45) is 0.